The Balaban J connectivity index is 2.13. The molecule has 0 radical (unpaired) electrons. The van der Waals surface area contributed by atoms with Gasteiger partial charge in [-0.1, -0.05) is 34.6 Å². The third kappa shape index (κ3) is 4.54. The fourth-order valence-electron chi connectivity index (χ4n) is 3.72. The first-order valence-corrected chi connectivity index (χ1v) is 8.86. The molecule has 0 bridgehead atoms. The van der Waals surface area contributed by atoms with E-state index in [-0.39, 0.29) is 17.4 Å². The number of hydrogen-bond acceptors (Lipinski definition) is 4. The van der Waals surface area contributed by atoms with E-state index in [4.69, 9.17) is 5.21 Å². The molecule has 5 nitrogen and oxygen atoms in total. The predicted octanol–water partition coefficient (Wildman–Crippen LogP) is 3.02. The van der Waals surface area contributed by atoms with Crippen LogP contribution in [-0.2, 0) is 4.79 Å². The van der Waals surface area contributed by atoms with E-state index in [1.807, 2.05) is 20.8 Å². The van der Waals surface area contributed by atoms with Gasteiger partial charge < -0.3 is 10.1 Å². The van der Waals surface area contributed by atoms with Crippen molar-refractivity contribution in [3.63, 3.8) is 0 Å². The van der Waals surface area contributed by atoms with E-state index in [1.165, 1.54) is 12.8 Å². The van der Waals surface area contributed by atoms with E-state index in [9.17, 15) is 4.79 Å². The molecule has 2 aliphatic rings. The molecule has 132 valence electrons. The number of nitrogens with one attached hydrogen (secondary N) is 1. The van der Waals surface area contributed by atoms with Gasteiger partial charge in [-0.3, -0.25) is 9.79 Å². The van der Waals surface area contributed by atoms with E-state index in [1.54, 1.807) is 0 Å². The van der Waals surface area contributed by atoms with Crippen LogP contribution in [0.15, 0.2) is 4.99 Å². The van der Waals surface area contributed by atoms with E-state index >= 15 is 0 Å². The topological polar surface area (TPSA) is 64.9 Å². The Morgan fingerprint density at radius 2 is 1.91 bits per heavy atom. The Kier molecular flexibility index (Phi) is 5.52. The van der Waals surface area contributed by atoms with Gasteiger partial charge in [0.25, 0.3) is 0 Å². The number of rotatable bonds is 4. The smallest absolute Gasteiger partial charge is 0.228 e. The van der Waals surface area contributed by atoms with Crippen LogP contribution < -0.4 is 5.48 Å². The maximum absolute atomic E-state index is 13.1. The van der Waals surface area contributed by atoms with Crippen molar-refractivity contribution in [1.82, 2.24) is 10.4 Å². The first-order chi connectivity index (χ1) is 10.6. The van der Waals surface area contributed by atoms with Gasteiger partial charge in [0.15, 0.2) is 0 Å². The molecule has 0 saturated heterocycles. The molecule has 5 heteroatoms. The van der Waals surface area contributed by atoms with Gasteiger partial charge in [-0.15, -0.1) is 0 Å². The monoisotopic (exact) mass is 323 g/mol. The lowest BCUT2D eigenvalue weighted by Gasteiger charge is -2.44. The van der Waals surface area contributed by atoms with Crippen LogP contribution in [0.25, 0.3) is 0 Å². The summed E-state index contributed by atoms with van der Waals surface area (Å²) in [5.74, 6) is 0.237. The Hall–Kier alpha value is -0.940. The normalized spacial score (nSPS) is 25.3. The summed E-state index contributed by atoms with van der Waals surface area (Å²) in [4.78, 5) is 19.7. The highest BCUT2D eigenvalue weighted by Gasteiger charge is 2.40. The molecular formula is C18H33N3O2. The highest BCUT2D eigenvalue weighted by Crippen LogP contribution is 2.39. The largest absolute Gasteiger partial charge is 0.334 e. The number of carbonyl (C=O) groups excluding carboxylic acids is 1. The van der Waals surface area contributed by atoms with Crippen molar-refractivity contribution in [3.05, 3.63) is 0 Å². The summed E-state index contributed by atoms with van der Waals surface area (Å²) in [7, 11) is 0. The molecule has 0 aromatic rings. The van der Waals surface area contributed by atoms with Crippen molar-refractivity contribution in [1.29, 1.82) is 0 Å². The molecule has 1 amide bonds. The van der Waals surface area contributed by atoms with Gasteiger partial charge in [-0.05, 0) is 31.1 Å². The number of aliphatic imine (C=N–C) groups is 1. The molecule has 0 aromatic carbocycles. The Labute approximate surface area is 140 Å². The molecule has 23 heavy (non-hydrogen) atoms. The Morgan fingerprint density at radius 3 is 2.43 bits per heavy atom. The second kappa shape index (κ2) is 6.89. The molecule has 2 N–H and O–H groups in total. The summed E-state index contributed by atoms with van der Waals surface area (Å²) in [5, 5.41) is 8.88. The highest BCUT2D eigenvalue weighted by atomic mass is 16.5. The van der Waals surface area contributed by atoms with E-state index in [0.29, 0.717) is 24.5 Å². The number of hydroxylamine groups is 1. The molecule has 1 saturated carbocycles. The predicted molar refractivity (Wildman–Crippen MR) is 92.8 cm³/mol. The van der Waals surface area contributed by atoms with Gasteiger partial charge in [0.2, 0.25) is 5.91 Å². The van der Waals surface area contributed by atoms with Crippen LogP contribution in [0.1, 0.15) is 66.7 Å². The summed E-state index contributed by atoms with van der Waals surface area (Å²) in [5.41, 5.74) is 3.17. The molecule has 0 aromatic heterocycles. The van der Waals surface area contributed by atoms with Crippen molar-refractivity contribution in [3.8, 4) is 0 Å². The molecule has 0 spiro atoms. The van der Waals surface area contributed by atoms with Crippen molar-refractivity contribution in [2.45, 2.75) is 78.8 Å². The van der Waals surface area contributed by atoms with Crippen LogP contribution in [0.4, 0.5) is 0 Å². The Morgan fingerprint density at radius 1 is 1.30 bits per heavy atom. The van der Waals surface area contributed by atoms with Crippen molar-refractivity contribution >= 4 is 11.6 Å². The van der Waals surface area contributed by atoms with Gasteiger partial charge in [-0.2, -0.15) is 5.48 Å². The molecule has 1 aliphatic carbocycles. The van der Waals surface area contributed by atoms with Crippen LogP contribution in [-0.4, -0.2) is 46.9 Å². The van der Waals surface area contributed by atoms with Crippen molar-refractivity contribution in [2.75, 3.05) is 13.1 Å². The molecular weight excluding hydrogens is 290 g/mol. The van der Waals surface area contributed by atoms with Crippen LogP contribution in [0.3, 0.4) is 0 Å². The lowest BCUT2D eigenvalue weighted by atomic mass is 9.74. The zero-order chi connectivity index (χ0) is 17.3. The number of nitrogens with zero attached hydrogens (tertiary/aromatic N) is 2. The Bertz CT molecular complexity index is 455. The first kappa shape index (κ1) is 18.4. The minimum absolute atomic E-state index is 0.149. The van der Waals surface area contributed by atoms with Crippen LogP contribution >= 0.6 is 0 Å². The molecule has 2 rings (SSSR count). The summed E-state index contributed by atoms with van der Waals surface area (Å²) in [6.45, 7) is 11.7. The second-order valence-corrected chi connectivity index (χ2v) is 8.96. The van der Waals surface area contributed by atoms with Crippen LogP contribution in [0.5, 0.6) is 0 Å². The van der Waals surface area contributed by atoms with Gasteiger partial charge >= 0.3 is 0 Å². The summed E-state index contributed by atoms with van der Waals surface area (Å²) < 4.78 is 0. The third-order valence-corrected chi connectivity index (χ3v) is 5.25. The van der Waals surface area contributed by atoms with Crippen LogP contribution in [0.2, 0.25) is 0 Å². The molecule has 0 unspecified atom stereocenters. The zero-order valence-corrected chi connectivity index (χ0v) is 15.4. The standard InChI is InChI=1S/C18H33N3O2/c1-17(2,3)16(22)21(14-6-8-18(4,5)9-7-14)15-10-13(11-20-23)19-12-15/h14-15,20,23H,6-12H2,1-5H3/t15-/m0/s1. The van der Waals surface area contributed by atoms with Gasteiger partial charge in [0, 0.05) is 23.6 Å². The maximum atomic E-state index is 13.1. The molecule has 1 atom stereocenters. The number of hydrogen-bond donors (Lipinski definition) is 2. The van der Waals surface area contributed by atoms with Gasteiger partial charge in [0.1, 0.15) is 0 Å². The average Bonchev–Trinajstić information content (AvgIpc) is 2.88. The highest BCUT2D eigenvalue weighted by molar-refractivity contribution is 5.90. The minimum Gasteiger partial charge on any atom is -0.334 e. The summed E-state index contributed by atoms with van der Waals surface area (Å²) in [6.07, 6.45) is 5.28. The fourth-order valence-corrected chi connectivity index (χ4v) is 3.72. The number of amides is 1. The lowest BCUT2D eigenvalue weighted by Crippen LogP contribution is -2.53. The van der Waals surface area contributed by atoms with E-state index in [0.717, 1.165) is 25.0 Å². The quantitative estimate of drug-likeness (QED) is 0.782. The van der Waals surface area contributed by atoms with Gasteiger partial charge in [0.05, 0.1) is 19.1 Å². The molecule has 1 heterocycles. The lowest BCUT2D eigenvalue weighted by molar-refractivity contribution is -0.145. The molecule has 1 fully saturated rings. The summed E-state index contributed by atoms with van der Waals surface area (Å²) >= 11 is 0. The van der Waals surface area contributed by atoms with Crippen LogP contribution in [0, 0.1) is 10.8 Å². The van der Waals surface area contributed by atoms with Crippen molar-refractivity contribution in [2.24, 2.45) is 15.8 Å². The first-order valence-electron chi connectivity index (χ1n) is 8.86. The average molecular weight is 323 g/mol. The fraction of sp³-hybridized carbons (Fsp3) is 0.889. The van der Waals surface area contributed by atoms with Gasteiger partial charge in [-0.25, -0.2) is 0 Å². The van der Waals surface area contributed by atoms with Crippen molar-refractivity contribution < 1.29 is 10.0 Å². The number of carbonyl (C=O) groups is 1. The zero-order valence-electron chi connectivity index (χ0n) is 15.4. The van der Waals surface area contributed by atoms with E-state index in [2.05, 4.69) is 29.2 Å². The van der Waals surface area contributed by atoms with E-state index < -0.39 is 0 Å². The molecule has 1 aliphatic heterocycles. The maximum Gasteiger partial charge on any atom is 0.228 e. The third-order valence-electron chi connectivity index (χ3n) is 5.25. The second-order valence-electron chi connectivity index (χ2n) is 8.96. The minimum atomic E-state index is -0.370. The SMILES string of the molecule is CC1(C)CCC(N(C(=O)C(C)(C)C)[C@@H]2CN=C(CNO)C2)CC1. The summed E-state index contributed by atoms with van der Waals surface area (Å²) in [6, 6.07) is 0.479.